The first-order valence-electron chi connectivity index (χ1n) is 7.52. The lowest BCUT2D eigenvalue weighted by atomic mass is 10.1. The Morgan fingerprint density at radius 3 is 2.09 bits per heavy atom. The first kappa shape index (κ1) is 14.7. The van der Waals surface area contributed by atoms with Crippen molar-refractivity contribution in [3.8, 4) is 11.5 Å². The molecule has 0 aromatic heterocycles. The van der Waals surface area contributed by atoms with Crippen LogP contribution in [0.25, 0.3) is 0 Å². The highest BCUT2D eigenvalue weighted by Crippen LogP contribution is 2.22. The van der Waals surface area contributed by atoms with Crippen LogP contribution in [0.1, 0.15) is 12.8 Å². The Labute approximate surface area is 129 Å². The van der Waals surface area contributed by atoms with E-state index in [9.17, 15) is 9.59 Å². The average molecular weight is 304 g/mol. The van der Waals surface area contributed by atoms with Gasteiger partial charge in [-0.25, -0.2) is 0 Å². The molecule has 0 unspecified atom stereocenters. The summed E-state index contributed by atoms with van der Waals surface area (Å²) in [6.07, 6.45) is 0.643. The van der Waals surface area contributed by atoms with Crippen molar-refractivity contribution in [1.29, 1.82) is 0 Å². The average Bonchev–Trinajstić information content (AvgIpc) is 3.33. The summed E-state index contributed by atoms with van der Waals surface area (Å²) in [7, 11) is 1.62. The van der Waals surface area contributed by atoms with E-state index in [1.54, 1.807) is 16.9 Å². The standard InChI is InChI=1S/C16H20N2O4/c1-21-12-2-4-13(5-3-12)22-14-10-18(11-14)16(20)7-6-15(19)17-8-9-17/h2-5,14H,6-11H2,1H3. The van der Waals surface area contributed by atoms with E-state index in [0.717, 1.165) is 24.6 Å². The molecule has 0 aliphatic carbocycles. The highest BCUT2D eigenvalue weighted by Gasteiger charge is 2.33. The van der Waals surface area contributed by atoms with Crippen LogP contribution >= 0.6 is 0 Å². The highest BCUT2D eigenvalue weighted by molar-refractivity contribution is 5.85. The molecule has 0 radical (unpaired) electrons. The Balaban J connectivity index is 1.37. The SMILES string of the molecule is COc1ccc(OC2CN(C(=O)CCC(=O)N3CC3)C2)cc1. The molecule has 118 valence electrons. The van der Waals surface area contributed by atoms with E-state index >= 15 is 0 Å². The monoisotopic (exact) mass is 304 g/mol. The molecule has 6 heteroatoms. The van der Waals surface area contributed by atoms with Crippen LogP contribution in [-0.2, 0) is 9.59 Å². The van der Waals surface area contributed by atoms with Gasteiger partial charge in [0.1, 0.15) is 17.6 Å². The zero-order valence-electron chi connectivity index (χ0n) is 12.7. The van der Waals surface area contributed by atoms with Crippen molar-refractivity contribution in [2.24, 2.45) is 0 Å². The molecule has 2 fully saturated rings. The topological polar surface area (TPSA) is 58.9 Å². The molecule has 0 saturated carbocycles. The summed E-state index contributed by atoms with van der Waals surface area (Å²) in [4.78, 5) is 26.9. The molecule has 0 atom stereocenters. The van der Waals surface area contributed by atoms with Crippen LogP contribution in [0.3, 0.4) is 0 Å². The number of amides is 2. The number of nitrogens with zero attached hydrogens (tertiary/aromatic N) is 2. The van der Waals surface area contributed by atoms with Gasteiger partial charge in [0.15, 0.2) is 0 Å². The van der Waals surface area contributed by atoms with Crippen LogP contribution in [0, 0.1) is 0 Å². The maximum absolute atomic E-state index is 11.9. The number of methoxy groups -OCH3 is 1. The fraction of sp³-hybridized carbons (Fsp3) is 0.500. The van der Waals surface area contributed by atoms with E-state index in [4.69, 9.17) is 9.47 Å². The predicted octanol–water partition coefficient (Wildman–Crippen LogP) is 0.907. The number of carbonyl (C=O) groups is 2. The van der Waals surface area contributed by atoms with Gasteiger partial charge in [0.05, 0.1) is 20.2 Å². The van der Waals surface area contributed by atoms with Gasteiger partial charge in [0, 0.05) is 25.9 Å². The summed E-state index contributed by atoms with van der Waals surface area (Å²) in [5.41, 5.74) is 0. The summed E-state index contributed by atoms with van der Waals surface area (Å²) < 4.78 is 10.9. The molecule has 22 heavy (non-hydrogen) atoms. The van der Waals surface area contributed by atoms with E-state index < -0.39 is 0 Å². The number of ether oxygens (including phenoxy) is 2. The van der Waals surface area contributed by atoms with Crippen molar-refractivity contribution in [2.45, 2.75) is 18.9 Å². The van der Waals surface area contributed by atoms with Gasteiger partial charge in [-0.3, -0.25) is 9.59 Å². The smallest absolute Gasteiger partial charge is 0.223 e. The molecule has 6 nitrogen and oxygen atoms in total. The first-order valence-corrected chi connectivity index (χ1v) is 7.52. The molecule has 0 spiro atoms. The molecule has 2 heterocycles. The van der Waals surface area contributed by atoms with Crippen molar-refractivity contribution in [3.05, 3.63) is 24.3 Å². The molecule has 0 bridgehead atoms. The zero-order valence-corrected chi connectivity index (χ0v) is 12.7. The quantitative estimate of drug-likeness (QED) is 0.733. The van der Waals surface area contributed by atoms with Crippen LogP contribution in [0.15, 0.2) is 24.3 Å². The van der Waals surface area contributed by atoms with E-state index in [1.807, 2.05) is 24.3 Å². The Kier molecular flexibility index (Phi) is 4.18. The number of likely N-dealkylation sites (tertiary alicyclic amines) is 1. The minimum absolute atomic E-state index is 0.0280. The number of hydrogen-bond donors (Lipinski definition) is 0. The zero-order chi connectivity index (χ0) is 15.5. The van der Waals surface area contributed by atoms with Crippen molar-refractivity contribution < 1.29 is 19.1 Å². The van der Waals surface area contributed by atoms with Gasteiger partial charge in [-0.05, 0) is 24.3 Å². The predicted molar refractivity (Wildman–Crippen MR) is 79.8 cm³/mol. The highest BCUT2D eigenvalue weighted by atomic mass is 16.5. The minimum Gasteiger partial charge on any atom is -0.497 e. The lowest BCUT2D eigenvalue weighted by molar-refractivity contribution is -0.141. The van der Waals surface area contributed by atoms with Crippen LogP contribution < -0.4 is 9.47 Å². The van der Waals surface area contributed by atoms with Gasteiger partial charge in [0.2, 0.25) is 11.8 Å². The first-order chi connectivity index (χ1) is 10.7. The number of rotatable bonds is 6. The fourth-order valence-corrected chi connectivity index (χ4v) is 2.39. The second kappa shape index (κ2) is 6.25. The number of carbonyl (C=O) groups excluding carboxylic acids is 2. The third kappa shape index (κ3) is 3.50. The van der Waals surface area contributed by atoms with Gasteiger partial charge in [0.25, 0.3) is 0 Å². The van der Waals surface area contributed by atoms with Crippen molar-refractivity contribution in [2.75, 3.05) is 33.3 Å². The summed E-state index contributed by atoms with van der Waals surface area (Å²) >= 11 is 0. The molecule has 3 rings (SSSR count). The maximum atomic E-state index is 11.9. The minimum atomic E-state index is 0.0280. The fourth-order valence-electron chi connectivity index (χ4n) is 2.39. The third-order valence-electron chi connectivity index (χ3n) is 3.92. The van der Waals surface area contributed by atoms with E-state index in [2.05, 4.69) is 0 Å². The van der Waals surface area contributed by atoms with Gasteiger partial charge in [-0.2, -0.15) is 0 Å². The summed E-state index contributed by atoms with van der Waals surface area (Å²) in [6, 6.07) is 7.39. The van der Waals surface area contributed by atoms with Crippen molar-refractivity contribution in [1.82, 2.24) is 9.80 Å². The van der Waals surface area contributed by atoms with Crippen LogP contribution in [-0.4, -0.2) is 61.0 Å². The lowest BCUT2D eigenvalue weighted by Gasteiger charge is -2.39. The Morgan fingerprint density at radius 1 is 1.00 bits per heavy atom. The molecule has 2 amide bonds. The van der Waals surface area contributed by atoms with Gasteiger partial charge >= 0.3 is 0 Å². The molecular formula is C16H20N2O4. The van der Waals surface area contributed by atoms with Gasteiger partial charge in [-0.1, -0.05) is 0 Å². The van der Waals surface area contributed by atoms with E-state index in [1.165, 1.54) is 0 Å². The van der Waals surface area contributed by atoms with Gasteiger partial charge in [-0.15, -0.1) is 0 Å². The summed E-state index contributed by atoms with van der Waals surface area (Å²) in [5.74, 6) is 1.67. The molecule has 2 aliphatic heterocycles. The van der Waals surface area contributed by atoms with Gasteiger partial charge < -0.3 is 19.3 Å². The lowest BCUT2D eigenvalue weighted by Crippen LogP contribution is -2.56. The summed E-state index contributed by atoms with van der Waals surface area (Å²) in [6.45, 7) is 2.86. The molecule has 1 aromatic rings. The maximum Gasteiger partial charge on any atom is 0.223 e. The Hall–Kier alpha value is -2.24. The second-order valence-electron chi connectivity index (χ2n) is 5.59. The number of benzene rings is 1. The number of hydrogen-bond acceptors (Lipinski definition) is 4. The van der Waals surface area contributed by atoms with Crippen LogP contribution in [0.4, 0.5) is 0 Å². The van der Waals surface area contributed by atoms with Crippen molar-refractivity contribution >= 4 is 11.8 Å². The van der Waals surface area contributed by atoms with Crippen LogP contribution in [0.5, 0.6) is 11.5 Å². The molecule has 2 aliphatic rings. The van der Waals surface area contributed by atoms with E-state index in [-0.39, 0.29) is 17.9 Å². The second-order valence-corrected chi connectivity index (χ2v) is 5.59. The Bertz CT molecular complexity index is 548. The third-order valence-corrected chi connectivity index (χ3v) is 3.92. The largest absolute Gasteiger partial charge is 0.497 e. The van der Waals surface area contributed by atoms with E-state index in [0.29, 0.717) is 25.9 Å². The van der Waals surface area contributed by atoms with Crippen molar-refractivity contribution in [3.63, 3.8) is 0 Å². The normalized spacial score (nSPS) is 17.0. The molecule has 0 N–H and O–H groups in total. The Morgan fingerprint density at radius 2 is 1.55 bits per heavy atom. The van der Waals surface area contributed by atoms with Crippen LogP contribution in [0.2, 0.25) is 0 Å². The molecule has 2 saturated heterocycles. The summed E-state index contributed by atoms with van der Waals surface area (Å²) in [5, 5.41) is 0. The molecule has 1 aromatic carbocycles. The molecular weight excluding hydrogens is 284 g/mol.